The number of hydrogen-bond donors (Lipinski definition) is 1. The highest BCUT2D eigenvalue weighted by Crippen LogP contribution is 2.23. The van der Waals surface area contributed by atoms with Crippen molar-refractivity contribution in [1.29, 1.82) is 5.26 Å². The Kier molecular flexibility index (Phi) is 5.44. The van der Waals surface area contributed by atoms with E-state index in [0.29, 0.717) is 5.16 Å². The molecule has 0 radical (unpaired) electrons. The van der Waals surface area contributed by atoms with Crippen LogP contribution in [0.3, 0.4) is 0 Å². The number of benzene rings is 1. The summed E-state index contributed by atoms with van der Waals surface area (Å²) in [4.78, 5) is 16.3. The second-order valence-electron chi connectivity index (χ2n) is 4.66. The Hall–Kier alpha value is -2.72. The van der Waals surface area contributed by atoms with Crippen molar-refractivity contribution in [3.8, 4) is 17.5 Å². The van der Waals surface area contributed by atoms with Crippen molar-refractivity contribution in [2.24, 2.45) is 5.73 Å². The molecule has 7 heteroatoms. The van der Waals surface area contributed by atoms with Gasteiger partial charge < -0.3 is 10.5 Å². The van der Waals surface area contributed by atoms with E-state index in [1.165, 1.54) is 18.7 Å². The first kappa shape index (κ1) is 16.6. The molecule has 0 saturated heterocycles. The molecular formula is C16H16N4O2S. The molecule has 2 aromatic rings. The molecule has 23 heavy (non-hydrogen) atoms. The number of carbonyl (C=O) groups is 1. The number of imidazole rings is 1. The Morgan fingerprint density at radius 3 is 2.96 bits per heavy atom. The van der Waals surface area contributed by atoms with E-state index in [0.717, 1.165) is 11.4 Å². The molecule has 0 atom stereocenters. The van der Waals surface area contributed by atoms with Gasteiger partial charge in [-0.05, 0) is 19.1 Å². The smallest absolute Gasteiger partial charge is 0.185 e. The minimum atomic E-state index is -0.308. The van der Waals surface area contributed by atoms with Crippen LogP contribution in [0.1, 0.15) is 6.92 Å². The lowest BCUT2D eigenvalue weighted by molar-refractivity contribution is -0.112. The average Bonchev–Trinajstić information content (AvgIpc) is 3.01. The second-order valence-corrected chi connectivity index (χ2v) is 5.61. The maximum absolute atomic E-state index is 12.0. The van der Waals surface area contributed by atoms with E-state index in [-0.39, 0.29) is 22.8 Å². The van der Waals surface area contributed by atoms with E-state index in [4.69, 9.17) is 15.7 Å². The number of Topliss-reactive ketones (excluding diaryl/α,β-unsaturated/α-hetero) is 1. The van der Waals surface area contributed by atoms with E-state index >= 15 is 0 Å². The number of ketones is 1. The molecule has 0 bridgehead atoms. The number of nitrogens with zero attached hydrogens (tertiary/aromatic N) is 3. The molecule has 0 aliphatic heterocycles. The quantitative estimate of drug-likeness (QED) is 0.497. The third-order valence-electron chi connectivity index (χ3n) is 3.06. The van der Waals surface area contributed by atoms with E-state index < -0.39 is 0 Å². The van der Waals surface area contributed by atoms with Gasteiger partial charge in [0.1, 0.15) is 17.4 Å². The average molecular weight is 328 g/mol. The van der Waals surface area contributed by atoms with Gasteiger partial charge in [-0.25, -0.2) is 4.98 Å². The summed E-state index contributed by atoms with van der Waals surface area (Å²) in [5.41, 5.74) is 6.65. The minimum Gasteiger partial charge on any atom is -0.497 e. The number of ether oxygens (including phenoxy) is 1. The third-order valence-corrected chi connectivity index (χ3v) is 4.02. The van der Waals surface area contributed by atoms with E-state index in [9.17, 15) is 4.79 Å². The molecule has 118 valence electrons. The van der Waals surface area contributed by atoms with Crippen LogP contribution in [0.15, 0.2) is 53.1 Å². The van der Waals surface area contributed by atoms with E-state index in [1.54, 1.807) is 19.5 Å². The molecule has 0 spiro atoms. The minimum absolute atomic E-state index is 0.00279. The van der Waals surface area contributed by atoms with Gasteiger partial charge in [-0.2, -0.15) is 5.26 Å². The van der Waals surface area contributed by atoms with Crippen LogP contribution in [0.5, 0.6) is 5.75 Å². The van der Waals surface area contributed by atoms with Crippen LogP contribution < -0.4 is 10.5 Å². The Labute approximate surface area is 138 Å². The Morgan fingerprint density at radius 1 is 1.52 bits per heavy atom. The van der Waals surface area contributed by atoms with Crippen molar-refractivity contribution in [3.05, 3.63) is 47.9 Å². The SMILES string of the molecule is COc1cccc(-n2ccnc2SCC(=O)/C(C#N)=C(\C)N)c1. The molecule has 2 N–H and O–H groups in total. The number of carbonyl (C=O) groups excluding carboxylic acids is 1. The summed E-state index contributed by atoms with van der Waals surface area (Å²) in [5, 5.41) is 9.61. The van der Waals surface area contributed by atoms with Crippen molar-refractivity contribution in [2.75, 3.05) is 12.9 Å². The van der Waals surface area contributed by atoms with Crippen LogP contribution in [-0.4, -0.2) is 28.2 Å². The van der Waals surface area contributed by atoms with Crippen LogP contribution >= 0.6 is 11.8 Å². The molecule has 0 aliphatic carbocycles. The first-order valence-electron chi connectivity index (χ1n) is 6.77. The normalized spacial score (nSPS) is 11.5. The fourth-order valence-corrected chi connectivity index (χ4v) is 2.77. The highest BCUT2D eigenvalue weighted by Gasteiger charge is 2.14. The maximum Gasteiger partial charge on any atom is 0.185 e. The van der Waals surface area contributed by atoms with Crippen LogP contribution in [0.2, 0.25) is 0 Å². The molecule has 1 aromatic heterocycles. The van der Waals surface area contributed by atoms with Crippen LogP contribution in [0, 0.1) is 11.3 Å². The fraction of sp³-hybridized carbons (Fsp3) is 0.188. The summed E-state index contributed by atoms with van der Waals surface area (Å²) in [6, 6.07) is 9.36. The van der Waals surface area contributed by atoms with Gasteiger partial charge in [-0.3, -0.25) is 9.36 Å². The Balaban J connectivity index is 2.18. The highest BCUT2D eigenvalue weighted by molar-refractivity contribution is 7.99. The summed E-state index contributed by atoms with van der Waals surface area (Å²) in [5.74, 6) is 0.521. The standard InChI is InChI=1S/C16H16N4O2S/c1-11(18)14(9-17)15(21)10-23-16-19-6-7-20(16)12-4-3-5-13(8-12)22-2/h3-8H,10,18H2,1-2H3/b14-11+. The molecule has 0 fully saturated rings. The van der Waals surface area contributed by atoms with Crippen LogP contribution in [0.25, 0.3) is 5.69 Å². The molecule has 0 unspecified atom stereocenters. The predicted molar refractivity (Wildman–Crippen MR) is 88.3 cm³/mol. The molecule has 6 nitrogen and oxygen atoms in total. The summed E-state index contributed by atoms with van der Waals surface area (Å²) in [7, 11) is 1.60. The number of methoxy groups -OCH3 is 1. The second kappa shape index (κ2) is 7.51. The Morgan fingerprint density at radius 2 is 2.30 bits per heavy atom. The maximum atomic E-state index is 12.0. The summed E-state index contributed by atoms with van der Waals surface area (Å²) in [6.07, 6.45) is 3.46. The number of nitriles is 1. The molecule has 1 heterocycles. The lowest BCUT2D eigenvalue weighted by Gasteiger charge is -2.08. The van der Waals surface area contributed by atoms with Crippen molar-refractivity contribution in [3.63, 3.8) is 0 Å². The van der Waals surface area contributed by atoms with Gasteiger partial charge in [0, 0.05) is 24.2 Å². The number of thioether (sulfide) groups is 1. The van der Waals surface area contributed by atoms with Gasteiger partial charge in [0.25, 0.3) is 0 Å². The largest absolute Gasteiger partial charge is 0.497 e. The molecule has 2 rings (SSSR count). The summed E-state index contributed by atoms with van der Waals surface area (Å²) < 4.78 is 7.07. The van der Waals surface area contributed by atoms with Crippen LogP contribution in [0.4, 0.5) is 0 Å². The molecule has 0 aliphatic rings. The van der Waals surface area contributed by atoms with Gasteiger partial charge in [0.2, 0.25) is 0 Å². The zero-order chi connectivity index (χ0) is 16.8. The number of allylic oxidation sites excluding steroid dienone is 2. The van der Waals surface area contributed by atoms with Gasteiger partial charge in [-0.15, -0.1) is 0 Å². The molecular weight excluding hydrogens is 312 g/mol. The number of nitrogens with two attached hydrogens (primary N) is 1. The predicted octanol–water partition coefficient (Wildman–Crippen LogP) is 2.30. The van der Waals surface area contributed by atoms with Gasteiger partial charge in [-0.1, -0.05) is 17.8 Å². The zero-order valence-electron chi connectivity index (χ0n) is 12.8. The molecule has 1 aromatic carbocycles. The lowest BCUT2D eigenvalue weighted by atomic mass is 10.2. The first-order chi connectivity index (χ1) is 11.1. The number of hydrogen-bond acceptors (Lipinski definition) is 6. The van der Waals surface area contributed by atoms with E-state index in [2.05, 4.69) is 4.98 Å². The first-order valence-corrected chi connectivity index (χ1v) is 7.75. The van der Waals surface area contributed by atoms with Crippen molar-refractivity contribution in [2.45, 2.75) is 12.1 Å². The van der Waals surface area contributed by atoms with Crippen molar-refractivity contribution < 1.29 is 9.53 Å². The van der Waals surface area contributed by atoms with Gasteiger partial charge in [0.05, 0.1) is 18.6 Å². The molecule has 0 saturated carbocycles. The van der Waals surface area contributed by atoms with Gasteiger partial charge in [0.15, 0.2) is 10.9 Å². The summed E-state index contributed by atoms with van der Waals surface area (Å²) >= 11 is 1.25. The highest BCUT2D eigenvalue weighted by atomic mass is 32.2. The topological polar surface area (TPSA) is 93.9 Å². The zero-order valence-corrected chi connectivity index (χ0v) is 13.6. The lowest BCUT2D eigenvalue weighted by Crippen LogP contribution is -2.10. The number of aromatic nitrogens is 2. The van der Waals surface area contributed by atoms with Crippen molar-refractivity contribution >= 4 is 17.5 Å². The third kappa shape index (κ3) is 3.93. The van der Waals surface area contributed by atoms with Crippen molar-refractivity contribution in [1.82, 2.24) is 9.55 Å². The summed E-state index contributed by atoms with van der Waals surface area (Å²) in [6.45, 7) is 1.54. The number of rotatable bonds is 6. The van der Waals surface area contributed by atoms with E-state index in [1.807, 2.05) is 34.9 Å². The molecule has 0 amide bonds. The van der Waals surface area contributed by atoms with Gasteiger partial charge >= 0.3 is 0 Å². The monoisotopic (exact) mass is 328 g/mol. The van der Waals surface area contributed by atoms with Crippen LogP contribution in [-0.2, 0) is 4.79 Å². The fourth-order valence-electron chi connectivity index (χ4n) is 1.93. The Bertz CT molecular complexity index is 785.